The molecular weight excluding hydrogens is 342 g/mol. The second-order valence-electron chi connectivity index (χ2n) is 6.68. The number of nitrogens with zero attached hydrogens (tertiary/aromatic N) is 1. The first-order valence-corrected chi connectivity index (χ1v) is 9.75. The highest BCUT2D eigenvalue weighted by atomic mass is 32.2. The maximum absolute atomic E-state index is 12.4. The van der Waals surface area contributed by atoms with E-state index in [1.165, 1.54) is 38.4 Å². The first-order chi connectivity index (χ1) is 11.8. The number of benzene rings is 1. The minimum atomic E-state index is -3.49. The highest BCUT2D eigenvalue weighted by Gasteiger charge is 2.32. The topological polar surface area (TPSA) is 87.7 Å². The molecule has 0 unspecified atom stereocenters. The summed E-state index contributed by atoms with van der Waals surface area (Å²) in [5.74, 6) is -0.206. The zero-order valence-corrected chi connectivity index (χ0v) is 15.9. The SMILES string of the molecule is COCC1(CNC(=O)c2ccc(S(=O)(=O)N(C)C)cc2)CCNCC1. The molecule has 8 heteroatoms. The van der Waals surface area contributed by atoms with Gasteiger partial charge in [0.1, 0.15) is 0 Å². The van der Waals surface area contributed by atoms with Gasteiger partial charge in [0.2, 0.25) is 10.0 Å². The number of nitrogens with one attached hydrogen (secondary N) is 2. The summed E-state index contributed by atoms with van der Waals surface area (Å²) in [5, 5.41) is 6.29. The van der Waals surface area contributed by atoms with Crippen LogP contribution in [-0.4, -0.2) is 66.1 Å². The molecule has 25 heavy (non-hydrogen) atoms. The molecule has 1 saturated heterocycles. The fraction of sp³-hybridized carbons (Fsp3) is 0.588. The summed E-state index contributed by atoms with van der Waals surface area (Å²) in [6, 6.07) is 5.99. The van der Waals surface area contributed by atoms with E-state index in [1.54, 1.807) is 7.11 Å². The summed E-state index contributed by atoms with van der Waals surface area (Å²) in [7, 11) is 1.14. The van der Waals surface area contributed by atoms with Crippen LogP contribution in [0.15, 0.2) is 29.2 Å². The van der Waals surface area contributed by atoms with Gasteiger partial charge in [0.15, 0.2) is 0 Å². The van der Waals surface area contributed by atoms with Crippen molar-refractivity contribution in [1.29, 1.82) is 0 Å². The maximum Gasteiger partial charge on any atom is 0.251 e. The van der Waals surface area contributed by atoms with Gasteiger partial charge in [0.25, 0.3) is 5.91 Å². The van der Waals surface area contributed by atoms with Gasteiger partial charge in [0, 0.05) is 38.7 Å². The van der Waals surface area contributed by atoms with Crippen LogP contribution in [0, 0.1) is 5.41 Å². The predicted octanol–water partition coefficient (Wildman–Crippen LogP) is 0.683. The highest BCUT2D eigenvalue weighted by Crippen LogP contribution is 2.28. The van der Waals surface area contributed by atoms with E-state index in [0.717, 1.165) is 30.2 Å². The second kappa shape index (κ2) is 8.27. The smallest absolute Gasteiger partial charge is 0.251 e. The van der Waals surface area contributed by atoms with Crippen molar-refractivity contribution in [2.45, 2.75) is 17.7 Å². The number of hydrogen-bond donors (Lipinski definition) is 2. The van der Waals surface area contributed by atoms with Crippen molar-refractivity contribution in [2.75, 3.05) is 47.4 Å². The minimum Gasteiger partial charge on any atom is -0.384 e. The zero-order chi connectivity index (χ0) is 18.5. The fourth-order valence-electron chi connectivity index (χ4n) is 2.99. The summed E-state index contributed by atoms with van der Waals surface area (Å²) in [5.41, 5.74) is 0.392. The lowest BCUT2D eigenvalue weighted by Gasteiger charge is -2.37. The molecule has 0 aliphatic carbocycles. The lowest BCUT2D eigenvalue weighted by molar-refractivity contribution is 0.0511. The van der Waals surface area contributed by atoms with Crippen molar-refractivity contribution in [2.24, 2.45) is 5.41 Å². The summed E-state index contributed by atoms with van der Waals surface area (Å²) < 4.78 is 30.6. The van der Waals surface area contributed by atoms with Crippen LogP contribution in [0.2, 0.25) is 0 Å². The molecule has 0 saturated carbocycles. The molecule has 0 aromatic heterocycles. The van der Waals surface area contributed by atoms with E-state index in [9.17, 15) is 13.2 Å². The number of hydrogen-bond acceptors (Lipinski definition) is 5. The molecule has 2 N–H and O–H groups in total. The van der Waals surface area contributed by atoms with Crippen LogP contribution in [0.5, 0.6) is 0 Å². The van der Waals surface area contributed by atoms with Crippen molar-refractivity contribution in [1.82, 2.24) is 14.9 Å². The molecule has 140 valence electrons. The summed E-state index contributed by atoms with van der Waals surface area (Å²) in [6.07, 6.45) is 1.89. The summed E-state index contributed by atoms with van der Waals surface area (Å²) in [4.78, 5) is 12.6. The molecule has 1 heterocycles. The lowest BCUT2D eigenvalue weighted by Crippen LogP contribution is -2.47. The fourth-order valence-corrected chi connectivity index (χ4v) is 3.90. The number of carbonyl (C=O) groups is 1. The molecule has 1 aromatic carbocycles. The molecule has 1 aliphatic rings. The maximum atomic E-state index is 12.4. The Labute approximate surface area is 149 Å². The van der Waals surface area contributed by atoms with Gasteiger partial charge in [-0.3, -0.25) is 4.79 Å². The van der Waals surface area contributed by atoms with Gasteiger partial charge in [-0.25, -0.2) is 12.7 Å². The molecule has 0 atom stereocenters. The van der Waals surface area contributed by atoms with Crippen LogP contribution >= 0.6 is 0 Å². The van der Waals surface area contributed by atoms with E-state index in [4.69, 9.17) is 4.74 Å². The molecule has 1 fully saturated rings. The van der Waals surface area contributed by atoms with Gasteiger partial charge < -0.3 is 15.4 Å². The van der Waals surface area contributed by atoms with Gasteiger partial charge in [-0.15, -0.1) is 0 Å². The van der Waals surface area contributed by atoms with Crippen molar-refractivity contribution in [3.8, 4) is 0 Å². The highest BCUT2D eigenvalue weighted by molar-refractivity contribution is 7.89. The molecule has 1 aliphatic heterocycles. The third-order valence-corrected chi connectivity index (χ3v) is 6.46. The van der Waals surface area contributed by atoms with Gasteiger partial charge in [-0.1, -0.05) is 0 Å². The van der Waals surface area contributed by atoms with E-state index in [-0.39, 0.29) is 16.2 Å². The van der Waals surface area contributed by atoms with E-state index in [0.29, 0.717) is 18.7 Å². The van der Waals surface area contributed by atoms with Gasteiger partial charge in [-0.2, -0.15) is 0 Å². The number of ether oxygens (including phenoxy) is 1. The molecule has 1 aromatic rings. The van der Waals surface area contributed by atoms with E-state index in [2.05, 4.69) is 10.6 Å². The molecule has 0 spiro atoms. The molecule has 1 amide bonds. The number of amides is 1. The van der Waals surface area contributed by atoms with Crippen molar-refractivity contribution >= 4 is 15.9 Å². The van der Waals surface area contributed by atoms with Crippen LogP contribution in [-0.2, 0) is 14.8 Å². The average Bonchev–Trinajstić information content (AvgIpc) is 2.61. The lowest BCUT2D eigenvalue weighted by atomic mass is 9.79. The Morgan fingerprint density at radius 1 is 1.24 bits per heavy atom. The van der Waals surface area contributed by atoms with Crippen molar-refractivity contribution in [3.05, 3.63) is 29.8 Å². The molecule has 0 bridgehead atoms. The molecule has 7 nitrogen and oxygen atoms in total. The third kappa shape index (κ3) is 4.78. The monoisotopic (exact) mass is 369 g/mol. The van der Waals surface area contributed by atoms with Crippen LogP contribution in [0.3, 0.4) is 0 Å². The van der Waals surface area contributed by atoms with Crippen molar-refractivity contribution < 1.29 is 17.9 Å². The number of piperidine rings is 1. The molecular formula is C17H27N3O4S. The van der Waals surface area contributed by atoms with Crippen LogP contribution in [0.25, 0.3) is 0 Å². The van der Waals surface area contributed by atoms with Gasteiger partial charge in [-0.05, 0) is 50.2 Å². The number of sulfonamides is 1. The Morgan fingerprint density at radius 2 is 1.84 bits per heavy atom. The van der Waals surface area contributed by atoms with Gasteiger partial charge in [0.05, 0.1) is 11.5 Å². The van der Waals surface area contributed by atoms with E-state index < -0.39 is 10.0 Å². The number of rotatable bonds is 7. The van der Waals surface area contributed by atoms with Crippen LogP contribution in [0.1, 0.15) is 23.2 Å². The number of carbonyl (C=O) groups excluding carboxylic acids is 1. The quantitative estimate of drug-likeness (QED) is 0.738. The van der Waals surface area contributed by atoms with Crippen LogP contribution in [0.4, 0.5) is 0 Å². The molecule has 0 radical (unpaired) electrons. The summed E-state index contributed by atoms with van der Waals surface area (Å²) in [6.45, 7) is 2.97. The summed E-state index contributed by atoms with van der Waals surface area (Å²) >= 11 is 0. The van der Waals surface area contributed by atoms with E-state index >= 15 is 0 Å². The molecule has 2 rings (SSSR count). The third-order valence-electron chi connectivity index (χ3n) is 4.63. The van der Waals surface area contributed by atoms with Gasteiger partial charge >= 0.3 is 0 Å². The average molecular weight is 369 g/mol. The Bertz CT molecular complexity index is 675. The predicted molar refractivity (Wildman–Crippen MR) is 96.1 cm³/mol. The standard InChI is InChI=1S/C17H27N3O4S/c1-20(2)25(22,23)15-6-4-14(5-7-15)16(21)19-12-17(13-24-3)8-10-18-11-9-17/h4-7,18H,8-13H2,1-3H3,(H,19,21). The minimum absolute atomic E-state index is 0.0517. The first-order valence-electron chi connectivity index (χ1n) is 8.31. The number of methoxy groups -OCH3 is 1. The second-order valence-corrected chi connectivity index (χ2v) is 8.83. The van der Waals surface area contributed by atoms with Crippen molar-refractivity contribution in [3.63, 3.8) is 0 Å². The first kappa shape index (κ1) is 19.8. The normalized spacial score (nSPS) is 17.4. The Kier molecular flexibility index (Phi) is 6.56. The van der Waals surface area contributed by atoms with E-state index in [1.807, 2.05) is 0 Å². The Morgan fingerprint density at radius 3 is 2.36 bits per heavy atom. The van der Waals surface area contributed by atoms with Crippen LogP contribution < -0.4 is 10.6 Å². The Balaban J connectivity index is 2.03. The largest absolute Gasteiger partial charge is 0.384 e. The Hall–Kier alpha value is -1.48. The zero-order valence-electron chi connectivity index (χ0n) is 15.0.